The van der Waals surface area contributed by atoms with Crippen molar-refractivity contribution in [2.75, 3.05) is 27.2 Å². The number of rotatable bonds is 5. The number of nitrogens with one attached hydrogen (secondary N) is 1. The van der Waals surface area contributed by atoms with Gasteiger partial charge >= 0.3 is 12.0 Å². The standard InChI is InChI=1S/C15H29N3O3/c1-15(2,3)12(9-13(19)20)16-14(21)18-8-6-7-11(18)10-17(4)5/h11-12H,6-10H2,1-5H3,(H,16,21)(H,19,20). The van der Waals surface area contributed by atoms with Crippen LogP contribution in [-0.4, -0.2) is 66.2 Å². The fourth-order valence-corrected chi connectivity index (χ4v) is 2.69. The Labute approximate surface area is 127 Å². The highest BCUT2D eigenvalue weighted by molar-refractivity contribution is 5.76. The summed E-state index contributed by atoms with van der Waals surface area (Å²) >= 11 is 0. The molecule has 2 amide bonds. The van der Waals surface area contributed by atoms with E-state index in [1.165, 1.54) is 0 Å². The molecule has 122 valence electrons. The molecule has 1 aliphatic heterocycles. The molecule has 0 radical (unpaired) electrons. The first-order valence-electron chi connectivity index (χ1n) is 7.55. The fraction of sp³-hybridized carbons (Fsp3) is 0.867. The van der Waals surface area contributed by atoms with E-state index in [0.717, 1.165) is 25.9 Å². The molecule has 1 rings (SSSR count). The summed E-state index contributed by atoms with van der Waals surface area (Å²) in [6.07, 6.45) is 1.96. The molecular formula is C15H29N3O3. The van der Waals surface area contributed by atoms with Crippen molar-refractivity contribution in [1.29, 1.82) is 0 Å². The van der Waals surface area contributed by atoms with Crippen LogP contribution in [0.1, 0.15) is 40.0 Å². The normalized spacial score (nSPS) is 20.7. The third-order valence-electron chi connectivity index (χ3n) is 3.94. The summed E-state index contributed by atoms with van der Waals surface area (Å²) in [5, 5.41) is 11.9. The predicted molar refractivity (Wildman–Crippen MR) is 82.3 cm³/mol. The van der Waals surface area contributed by atoms with E-state index in [9.17, 15) is 9.59 Å². The van der Waals surface area contributed by atoms with Gasteiger partial charge in [0.1, 0.15) is 0 Å². The number of carbonyl (C=O) groups excluding carboxylic acids is 1. The quantitative estimate of drug-likeness (QED) is 0.809. The Balaban J connectivity index is 2.70. The minimum atomic E-state index is -0.888. The molecule has 1 fully saturated rings. The number of carbonyl (C=O) groups is 2. The Morgan fingerprint density at radius 2 is 2.00 bits per heavy atom. The van der Waals surface area contributed by atoms with Gasteiger partial charge in [0.15, 0.2) is 0 Å². The molecule has 21 heavy (non-hydrogen) atoms. The molecule has 6 nitrogen and oxygen atoms in total. The maximum atomic E-state index is 12.5. The molecule has 0 aliphatic carbocycles. The van der Waals surface area contributed by atoms with Gasteiger partial charge in [-0.3, -0.25) is 4.79 Å². The molecule has 0 aromatic heterocycles. The summed E-state index contributed by atoms with van der Waals surface area (Å²) in [6.45, 7) is 7.42. The average molecular weight is 299 g/mol. The first kappa shape index (κ1) is 17.8. The van der Waals surface area contributed by atoms with Crippen molar-refractivity contribution < 1.29 is 14.7 Å². The Kier molecular flexibility index (Phi) is 6.01. The van der Waals surface area contributed by atoms with E-state index in [2.05, 4.69) is 10.2 Å². The number of amides is 2. The van der Waals surface area contributed by atoms with Gasteiger partial charge in [0.05, 0.1) is 6.42 Å². The largest absolute Gasteiger partial charge is 0.481 e. The van der Waals surface area contributed by atoms with Gasteiger partial charge in [0.25, 0.3) is 0 Å². The first-order chi connectivity index (χ1) is 9.61. The van der Waals surface area contributed by atoms with Crippen molar-refractivity contribution in [3.63, 3.8) is 0 Å². The third kappa shape index (κ3) is 5.53. The lowest BCUT2D eigenvalue weighted by molar-refractivity contribution is -0.138. The highest BCUT2D eigenvalue weighted by atomic mass is 16.4. The van der Waals surface area contributed by atoms with Crippen LogP contribution in [0.3, 0.4) is 0 Å². The van der Waals surface area contributed by atoms with E-state index in [4.69, 9.17) is 5.11 Å². The summed E-state index contributed by atoms with van der Waals surface area (Å²) < 4.78 is 0. The van der Waals surface area contributed by atoms with E-state index in [-0.39, 0.29) is 30.0 Å². The lowest BCUT2D eigenvalue weighted by Gasteiger charge is -2.34. The van der Waals surface area contributed by atoms with Crippen molar-refractivity contribution in [3.8, 4) is 0 Å². The van der Waals surface area contributed by atoms with Crippen LogP contribution in [0.4, 0.5) is 4.79 Å². The van der Waals surface area contributed by atoms with Gasteiger partial charge in [-0.25, -0.2) is 4.79 Å². The second-order valence-electron chi connectivity index (χ2n) is 7.22. The Morgan fingerprint density at radius 1 is 1.38 bits per heavy atom. The van der Waals surface area contributed by atoms with E-state index < -0.39 is 5.97 Å². The molecule has 1 heterocycles. The van der Waals surface area contributed by atoms with Gasteiger partial charge in [-0.1, -0.05) is 20.8 Å². The van der Waals surface area contributed by atoms with E-state index in [0.29, 0.717) is 0 Å². The number of hydrogen-bond donors (Lipinski definition) is 2. The van der Waals surface area contributed by atoms with E-state index in [1.807, 2.05) is 39.8 Å². The van der Waals surface area contributed by atoms with Gasteiger partial charge < -0.3 is 20.2 Å². The molecule has 0 aromatic rings. The number of aliphatic carboxylic acids is 1. The molecule has 0 saturated carbocycles. The molecule has 2 atom stereocenters. The summed E-state index contributed by atoms with van der Waals surface area (Å²) in [5.74, 6) is -0.888. The molecular weight excluding hydrogens is 270 g/mol. The zero-order valence-electron chi connectivity index (χ0n) is 13.8. The van der Waals surface area contributed by atoms with Crippen LogP contribution >= 0.6 is 0 Å². The van der Waals surface area contributed by atoms with Crippen molar-refractivity contribution in [2.24, 2.45) is 5.41 Å². The van der Waals surface area contributed by atoms with Gasteiger partial charge in [-0.2, -0.15) is 0 Å². The van der Waals surface area contributed by atoms with Gasteiger partial charge in [-0.05, 0) is 32.4 Å². The van der Waals surface area contributed by atoms with Crippen LogP contribution in [-0.2, 0) is 4.79 Å². The summed E-state index contributed by atoms with van der Waals surface area (Å²) in [7, 11) is 3.99. The first-order valence-corrected chi connectivity index (χ1v) is 7.55. The minimum Gasteiger partial charge on any atom is -0.481 e. The zero-order valence-corrected chi connectivity index (χ0v) is 13.8. The number of likely N-dealkylation sites (N-methyl/N-ethyl adjacent to an activating group) is 1. The molecule has 0 spiro atoms. The molecule has 2 unspecified atom stereocenters. The van der Waals surface area contributed by atoms with Crippen LogP contribution in [0.15, 0.2) is 0 Å². The third-order valence-corrected chi connectivity index (χ3v) is 3.94. The highest BCUT2D eigenvalue weighted by Gasteiger charge is 2.33. The number of carboxylic acids is 1. The number of hydrogen-bond acceptors (Lipinski definition) is 3. The summed E-state index contributed by atoms with van der Waals surface area (Å²) in [4.78, 5) is 27.4. The van der Waals surface area contributed by atoms with Crippen molar-refractivity contribution >= 4 is 12.0 Å². The van der Waals surface area contributed by atoms with Crippen molar-refractivity contribution in [1.82, 2.24) is 15.1 Å². The van der Waals surface area contributed by atoms with Gasteiger partial charge in [-0.15, -0.1) is 0 Å². The predicted octanol–water partition coefficient (Wildman–Crippen LogP) is 1.61. The molecule has 1 saturated heterocycles. The molecule has 0 bridgehead atoms. The van der Waals surface area contributed by atoms with E-state index >= 15 is 0 Å². The van der Waals surface area contributed by atoms with Crippen LogP contribution in [0.5, 0.6) is 0 Å². The monoisotopic (exact) mass is 299 g/mol. The van der Waals surface area contributed by atoms with Gasteiger partial charge in [0.2, 0.25) is 0 Å². The molecule has 2 N–H and O–H groups in total. The van der Waals surface area contributed by atoms with Gasteiger partial charge in [0, 0.05) is 25.2 Å². The lowest BCUT2D eigenvalue weighted by atomic mass is 9.85. The van der Waals surface area contributed by atoms with Crippen molar-refractivity contribution in [3.05, 3.63) is 0 Å². The van der Waals surface area contributed by atoms with Crippen LogP contribution in [0.25, 0.3) is 0 Å². The summed E-state index contributed by atoms with van der Waals surface area (Å²) in [5.41, 5.74) is -0.287. The maximum absolute atomic E-state index is 12.5. The highest BCUT2D eigenvalue weighted by Crippen LogP contribution is 2.24. The SMILES string of the molecule is CN(C)CC1CCCN1C(=O)NC(CC(=O)O)C(C)(C)C. The minimum absolute atomic E-state index is 0.0541. The average Bonchev–Trinajstić information content (AvgIpc) is 2.73. The second kappa shape index (κ2) is 7.11. The zero-order chi connectivity index (χ0) is 16.2. The van der Waals surface area contributed by atoms with Crippen LogP contribution in [0, 0.1) is 5.41 Å². The maximum Gasteiger partial charge on any atom is 0.317 e. The number of urea groups is 1. The number of likely N-dealkylation sites (tertiary alicyclic amines) is 1. The second-order valence-corrected chi connectivity index (χ2v) is 7.22. The topological polar surface area (TPSA) is 72.9 Å². The van der Waals surface area contributed by atoms with Crippen LogP contribution in [0.2, 0.25) is 0 Å². The Morgan fingerprint density at radius 3 is 2.48 bits per heavy atom. The smallest absolute Gasteiger partial charge is 0.317 e. The fourth-order valence-electron chi connectivity index (χ4n) is 2.69. The molecule has 1 aliphatic rings. The number of nitrogens with zero attached hydrogens (tertiary/aromatic N) is 2. The summed E-state index contributed by atoms with van der Waals surface area (Å²) in [6, 6.07) is -0.297. The molecule has 0 aromatic carbocycles. The Bertz CT molecular complexity index is 377. The Hall–Kier alpha value is -1.30. The lowest BCUT2D eigenvalue weighted by Crippen LogP contribution is -2.52. The number of carboxylic acid groups (broad SMARTS) is 1. The van der Waals surface area contributed by atoms with E-state index in [1.54, 1.807) is 0 Å². The molecule has 6 heteroatoms. The van der Waals surface area contributed by atoms with Crippen LogP contribution < -0.4 is 5.32 Å². The van der Waals surface area contributed by atoms with Crippen molar-refractivity contribution in [2.45, 2.75) is 52.1 Å².